The molecule has 0 aliphatic carbocycles. The van der Waals surface area contributed by atoms with Gasteiger partial charge in [-0.05, 0) is 43.0 Å². The fourth-order valence-electron chi connectivity index (χ4n) is 2.79. The number of carbonyl (C=O) groups excluding carboxylic acids is 2. The molecule has 3 rings (SSSR count). The zero-order valence-corrected chi connectivity index (χ0v) is 16.3. The summed E-state index contributed by atoms with van der Waals surface area (Å²) in [6.07, 6.45) is 3.70. The Morgan fingerprint density at radius 1 is 1.37 bits per heavy atom. The van der Waals surface area contributed by atoms with E-state index >= 15 is 0 Å². The van der Waals surface area contributed by atoms with Gasteiger partial charge >= 0.3 is 0 Å². The second-order valence-corrected chi connectivity index (χ2v) is 7.65. The van der Waals surface area contributed by atoms with Crippen LogP contribution in [-0.2, 0) is 9.59 Å². The monoisotopic (exact) mass is 408 g/mol. The molecule has 0 N–H and O–H groups in total. The van der Waals surface area contributed by atoms with Crippen molar-refractivity contribution in [3.63, 3.8) is 0 Å². The highest BCUT2D eigenvalue weighted by Gasteiger charge is 2.31. The molecular formula is C18H18NO6S2-. The molecule has 1 aromatic rings. The third-order valence-corrected chi connectivity index (χ3v) is 5.49. The first-order chi connectivity index (χ1) is 13.0. The number of carboxylic acid groups (broad SMARTS) is 1. The first kappa shape index (κ1) is 19.5. The van der Waals surface area contributed by atoms with E-state index in [0.29, 0.717) is 52.3 Å². The summed E-state index contributed by atoms with van der Waals surface area (Å²) >= 11 is 6.56. The number of hydrogen-bond donors (Lipinski definition) is 0. The lowest BCUT2D eigenvalue weighted by Gasteiger charge is -2.14. The lowest BCUT2D eigenvalue weighted by Crippen LogP contribution is -2.29. The van der Waals surface area contributed by atoms with Gasteiger partial charge in [-0.2, -0.15) is 0 Å². The topological polar surface area (TPSA) is 88.1 Å². The van der Waals surface area contributed by atoms with E-state index in [1.54, 1.807) is 30.2 Å². The number of rotatable bonds is 8. The molecule has 0 atom stereocenters. The van der Waals surface area contributed by atoms with Crippen LogP contribution in [0, 0.1) is 0 Å². The number of benzene rings is 1. The van der Waals surface area contributed by atoms with E-state index in [0.717, 1.165) is 5.56 Å². The summed E-state index contributed by atoms with van der Waals surface area (Å²) in [5.41, 5.74) is 0.755. The van der Waals surface area contributed by atoms with Crippen molar-refractivity contribution in [2.24, 2.45) is 0 Å². The van der Waals surface area contributed by atoms with E-state index in [1.165, 1.54) is 11.8 Å². The Morgan fingerprint density at radius 2 is 2.19 bits per heavy atom. The van der Waals surface area contributed by atoms with Crippen molar-refractivity contribution in [3.8, 4) is 17.2 Å². The van der Waals surface area contributed by atoms with Crippen LogP contribution < -0.4 is 19.3 Å². The number of unbranched alkanes of at least 4 members (excludes halogenated alkanes) is 2. The van der Waals surface area contributed by atoms with E-state index in [2.05, 4.69) is 0 Å². The van der Waals surface area contributed by atoms with Gasteiger partial charge in [0.1, 0.15) is 4.32 Å². The minimum Gasteiger partial charge on any atom is -0.550 e. The number of fused-ring (bicyclic) bond motifs is 1. The Morgan fingerprint density at radius 3 is 2.93 bits per heavy atom. The largest absolute Gasteiger partial charge is 0.550 e. The van der Waals surface area contributed by atoms with Crippen LogP contribution in [0.4, 0.5) is 0 Å². The van der Waals surface area contributed by atoms with Crippen LogP contribution in [-0.4, -0.2) is 41.5 Å². The first-order valence-electron chi connectivity index (χ1n) is 8.42. The number of aliphatic carboxylic acids is 1. The third kappa shape index (κ3) is 4.54. The van der Waals surface area contributed by atoms with Crippen LogP contribution in [0.15, 0.2) is 17.0 Å². The fraction of sp³-hybridized carbons (Fsp3) is 0.389. The molecule has 1 fully saturated rings. The second-order valence-electron chi connectivity index (χ2n) is 5.97. The normalized spacial score (nSPS) is 17.1. The molecule has 0 unspecified atom stereocenters. The molecule has 0 aromatic heterocycles. The van der Waals surface area contributed by atoms with Crippen LogP contribution in [0.3, 0.4) is 0 Å². The van der Waals surface area contributed by atoms with E-state index in [4.69, 9.17) is 26.4 Å². The number of nitrogens with zero attached hydrogens (tertiary/aromatic N) is 1. The summed E-state index contributed by atoms with van der Waals surface area (Å²) in [5.74, 6) is 0.464. The zero-order valence-electron chi connectivity index (χ0n) is 14.7. The standard InChI is InChI=1S/C18H19NO6S2/c1-23-12-7-11(8-13-16(12)25-10-24-13)9-14-17(22)19(18(26)27-14)6-4-2-3-5-15(20)21/h7-9H,2-6,10H2,1H3,(H,20,21)/p-1/b14-9-. The van der Waals surface area contributed by atoms with Crippen molar-refractivity contribution in [1.29, 1.82) is 0 Å². The number of carboxylic acids is 1. The number of thiocarbonyl (C=S) groups is 1. The predicted molar refractivity (Wildman–Crippen MR) is 102 cm³/mol. The van der Waals surface area contributed by atoms with Gasteiger partial charge in [0.15, 0.2) is 11.5 Å². The number of thioether (sulfide) groups is 1. The summed E-state index contributed by atoms with van der Waals surface area (Å²) in [7, 11) is 1.54. The molecule has 2 aliphatic rings. The number of methoxy groups -OCH3 is 1. The molecule has 144 valence electrons. The van der Waals surface area contributed by atoms with Gasteiger partial charge in [0.25, 0.3) is 5.91 Å². The Balaban J connectivity index is 1.67. The van der Waals surface area contributed by atoms with E-state index < -0.39 is 5.97 Å². The van der Waals surface area contributed by atoms with Crippen molar-refractivity contribution in [1.82, 2.24) is 4.90 Å². The highest BCUT2D eigenvalue weighted by Crippen LogP contribution is 2.43. The number of carbonyl (C=O) groups is 2. The van der Waals surface area contributed by atoms with Gasteiger partial charge in [-0.1, -0.05) is 30.4 Å². The summed E-state index contributed by atoms with van der Waals surface area (Å²) in [5, 5.41) is 10.4. The SMILES string of the molecule is COc1cc(/C=C2\SC(=S)N(CCCCCC(=O)[O-])C2=O)cc2c1OCO2. The summed E-state index contributed by atoms with van der Waals surface area (Å²) in [4.78, 5) is 25.1. The Labute approximate surface area is 166 Å². The summed E-state index contributed by atoms with van der Waals surface area (Å²) < 4.78 is 16.6. The molecule has 7 nitrogen and oxygen atoms in total. The lowest BCUT2D eigenvalue weighted by atomic mass is 10.1. The summed E-state index contributed by atoms with van der Waals surface area (Å²) in [6.45, 7) is 0.606. The van der Waals surface area contributed by atoms with Crippen LogP contribution in [0.25, 0.3) is 6.08 Å². The van der Waals surface area contributed by atoms with Gasteiger partial charge in [-0.15, -0.1) is 0 Å². The van der Waals surface area contributed by atoms with Gasteiger partial charge in [0.2, 0.25) is 12.5 Å². The highest BCUT2D eigenvalue weighted by atomic mass is 32.2. The fourth-order valence-corrected chi connectivity index (χ4v) is 4.10. The molecule has 2 aliphatic heterocycles. The van der Waals surface area contributed by atoms with Crippen molar-refractivity contribution in [3.05, 3.63) is 22.6 Å². The number of hydrogen-bond acceptors (Lipinski definition) is 8. The minimum absolute atomic E-state index is 0.0320. The smallest absolute Gasteiger partial charge is 0.266 e. The van der Waals surface area contributed by atoms with Crippen molar-refractivity contribution < 1.29 is 28.9 Å². The first-order valence-corrected chi connectivity index (χ1v) is 9.65. The summed E-state index contributed by atoms with van der Waals surface area (Å²) in [6, 6.07) is 3.57. The van der Waals surface area contributed by atoms with Crippen LogP contribution in [0.2, 0.25) is 0 Å². The van der Waals surface area contributed by atoms with Gasteiger partial charge in [-0.3, -0.25) is 9.69 Å². The minimum atomic E-state index is -1.05. The zero-order chi connectivity index (χ0) is 19.4. The van der Waals surface area contributed by atoms with Gasteiger partial charge in [0.05, 0.1) is 12.0 Å². The van der Waals surface area contributed by atoms with Gasteiger partial charge in [-0.25, -0.2) is 0 Å². The Kier molecular flexibility index (Phi) is 6.22. The van der Waals surface area contributed by atoms with Crippen molar-refractivity contribution >= 4 is 46.3 Å². The molecule has 0 spiro atoms. The molecule has 1 saturated heterocycles. The maximum atomic E-state index is 12.6. The molecule has 1 aromatic carbocycles. The molecule has 9 heteroatoms. The quantitative estimate of drug-likeness (QED) is 0.366. The van der Waals surface area contributed by atoms with E-state index in [9.17, 15) is 14.7 Å². The molecule has 27 heavy (non-hydrogen) atoms. The van der Waals surface area contributed by atoms with Crippen molar-refractivity contribution in [2.75, 3.05) is 20.4 Å². The van der Waals surface area contributed by atoms with Crippen LogP contribution >= 0.6 is 24.0 Å². The molecule has 0 bridgehead atoms. The van der Waals surface area contributed by atoms with Crippen LogP contribution in [0.1, 0.15) is 31.2 Å². The maximum absolute atomic E-state index is 12.6. The Bertz CT molecular complexity index is 807. The maximum Gasteiger partial charge on any atom is 0.266 e. The predicted octanol–water partition coefficient (Wildman–Crippen LogP) is 1.94. The lowest BCUT2D eigenvalue weighted by molar-refractivity contribution is -0.305. The van der Waals surface area contributed by atoms with Gasteiger partial charge < -0.3 is 24.1 Å². The van der Waals surface area contributed by atoms with E-state index in [-0.39, 0.29) is 19.1 Å². The Hall–Kier alpha value is -2.26. The molecule has 0 radical (unpaired) electrons. The number of amides is 1. The van der Waals surface area contributed by atoms with Crippen molar-refractivity contribution in [2.45, 2.75) is 25.7 Å². The second kappa shape index (κ2) is 8.62. The van der Waals surface area contributed by atoms with E-state index in [1.807, 2.05) is 0 Å². The molecule has 2 heterocycles. The average Bonchev–Trinajstić information content (AvgIpc) is 3.20. The molecule has 1 amide bonds. The highest BCUT2D eigenvalue weighted by molar-refractivity contribution is 8.26. The average molecular weight is 408 g/mol. The third-order valence-electron chi connectivity index (χ3n) is 4.11. The number of ether oxygens (including phenoxy) is 3. The van der Waals surface area contributed by atoms with Gasteiger partial charge in [0, 0.05) is 12.5 Å². The molecular weight excluding hydrogens is 390 g/mol. The van der Waals surface area contributed by atoms with Crippen LogP contribution in [0.5, 0.6) is 17.2 Å². The molecule has 0 saturated carbocycles.